The van der Waals surface area contributed by atoms with Crippen LogP contribution < -0.4 is 5.32 Å². The highest BCUT2D eigenvalue weighted by molar-refractivity contribution is 7.92. The fourth-order valence-electron chi connectivity index (χ4n) is 2.04. The first-order chi connectivity index (χ1) is 10.4. The van der Waals surface area contributed by atoms with Gasteiger partial charge in [0.2, 0.25) is 5.91 Å². The predicted molar refractivity (Wildman–Crippen MR) is 88.3 cm³/mol. The Labute approximate surface area is 131 Å². The lowest BCUT2D eigenvalue weighted by Gasteiger charge is -2.14. The van der Waals surface area contributed by atoms with Crippen molar-refractivity contribution in [2.75, 3.05) is 5.32 Å². The summed E-state index contributed by atoms with van der Waals surface area (Å²) in [5.41, 5.74) is 2.20. The minimum Gasteiger partial charge on any atom is -0.325 e. The summed E-state index contributed by atoms with van der Waals surface area (Å²) in [5.74, 6) is -0.652. The van der Waals surface area contributed by atoms with Crippen molar-refractivity contribution in [1.29, 1.82) is 0 Å². The molecule has 0 aliphatic carbocycles. The van der Waals surface area contributed by atoms with E-state index in [1.165, 1.54) is 6.92 Å². The van der Waals surface area contributed by atoms with Crippen LogP contribution >= 0.6 is 0 Å². The average Bonchev–Trinajstić information content (AvgIpc) is 2.49. The van der Waals surface area contributed by atoms with Gasteiger partial charge in [0, 0.05) is 5.69 Å². The minimum absolute atomic E-state index is 0.143. The molecule has 0 radical (unpaired) electrons. The van der Waals surface area contributed by atoms with Crippen molar-refractivity contribution in [3.63, 3.8) is 0 Å². The van der Waals surface area contributed by atoms with E-state index in [0.717, 1.165) is 5.56 Å². The van der Waals surface area contributed by atoms with Crippen LogP contribution in [0.5, 0.6) is 0 Å². The molecule has 1 N–H and O–H groups in total. The minimum atomic E-state index is -3.56. The molecule has 5 heteroatoms. The van der Waals surface area contributed by atoms with E-state index in [9.17, 15) is 13.2 Å². The van der Waals surface area contributed by atoms with Crippen molar-refractivity contribution < 1.29 is 13.2 Å². The number of aryl methyl sites for hydroxylation is 1. The second kappa shape index (κ2) is 6.75. The number of benzene rings is 2. The quantitative estimate of drug-likeness (QED) is 0.922. The van der Waals surface area contributed by atoms with E-state index in [1.54, 1.807) is 36.4 Å². The molecule has 0 heterocycles. The van der Waals surface area contributed by atoms with Gasteiger partial charge in [-0.3, -0.25) is 4.79 Å². The van der Waals surface area contributed by atoms with Crippen molar-refractivity contribution in [1.82, 2.24) is 0 Å². The van der Waals surface area contributed by atoms with Crippen molar-refractivity contribution in [3.05, 3.63) is 65.7 Å². The summed E-state index contributed by atoms with van der Waals surface area (Å²) in [7, 11) is -3.56. The van der Waals surface area contributed by atoms with Gasteiger partial charge in [0.15, 0.2) is 9.84 Å². The molecule has 2 aromatic carbocycles. The Morgan fingerprint density at radius 1 is 1.05 bits per heavy atom. The van der Waals surface area contributed by atoms with Crippen molar-refractivity contribution >= 4 is 21.4 Å². The molecule has 0 aliphatic rings. The highest BCUT2D eigenvalue weighted by atomic mass is 32.2. The maximum absolute atomic E-state index is 12.4. The zero-order valence-electron chi connectivity index (χ0n) is 12.6. The molecule has 1 unspecified atom stereocenters. The monoisotopic (exact) mass is 317 g/mol. The highest BCUT2D eigenvalue weighted by Gasteiger charge is 2.28. The number of hydrogen-bond donors (Lipinski definition) is 1. The van der Waals surface area contributed by atoms with Crippen LogP contribution in [0.4, 0.5) is 5.69 Å². The molecule has 2 rings (SSSR count). The number of carbonyl (C=O) groups excluding carboxylic acids is 1. The fourth-order valence-corrected chi connectivity index (χ4v) is 3.33. The summed E-state index contributed by atoms with van der Waals surface area (Å²) in [4.78, 5) is 12.2. The molecule has 0 saturated heterocycles. The number of hydrogen-bond acceptors (Lipinski definition) is 3. The van der Waals surface area contributed by atoms with E-state index in [-0.39, 0.29) is 5.75 Å². The topological polar surface area (TPSA) is 63.2 Å². The van der Waals surface area contributed by atoms with Gasteiger partial charge in [-0.25, -0.2) is 8.42 Å². The number of carbonyl (C=O) groups is 1. The van der Waals surface area contributed by atoms with Crippen LogP contribution in [0.25, 0.3) is 0 Å². The largest absolute Gasteiger partial charge is 0.325 e. The molecule has 4 nitrogen and oxygen atoms in total. The van der Waals surface area contributed by atoms with Gasteiger partial charge in [0.05, 0.1) is 5.75 Å². The molecule has 1 amide bonds. The average molecular weight is 317 g/mol. The van der Waals surface area contributed by atoms with Gasteiger partial charge in [0.1, 0.15) is 5.25 Å². The molecular formula is C17H19NO3S. The summed E-state index contributed by atoms with van der Waals surface area (Å²) in [6.45, 7) is 3.28. The molecule has 0 fully saturated rings. The zero-order valence-corrected chi connectivity index (χ0v) is 13.4. The Bertz CT molecular complexity index is 754. The lowest BCUT2D eigenvalue weighted by Crippen LogP contribution is -2.33. The zero-order chi connectivity index (χ0) is 16.2. The molecular weight excluding hydrogens is 298 g/mol. The third-order valence-electron chi connectivity index (χ3n) is 3.52. The van der Waals surface area contributed by atoms with Gasteiger partial charge in [0.25, 0.3) is 0 Å². The van der Waals surface area contributed by atoms with Crippen LogP contribution in [0.15, 0.2) is 54.6 Å². The van der Waals surface area contributed by atoms with Crippen LogP contribution in [0.3, 0.4) is 0 Å². The first kappa shape index (κ1) is 16.2. The second-order valence-electron chi connectivity index (χ2n) is 5.24. The molecule has 0 bridgehead atoms. The maximum atomic E-state index is 12.4. The summed E-state index contributed by atoms with van der Waals surface area (Å²) in [6, 6.07) is 16.1. The van der Waals surface area contributed by atoms with E-state index in [0.29, 0.717) is 11.3 Å². The van der Waals surface area contributed by atoms with Crippen LogP contribution in [-0.2, 0) is 20.4 Å². The molecule has 0 aliphatic heterocycles. The van der Waals surface area contributed by atoms with Crippen LogP contribution in [-0.4, -0.2) is 19.6 Å². The van der Waals surface area contributed by atoms with E-state index >= 15 is 0 Å². The van der Waals surface area contributed by atoms with E-state index in [2.05, 4.69) is 5.32 Å². The molecule has 1 atom stereocenters. The SMILES string of the molecule is Cc1ccccc1NC(=O)C(C)S(=O)(=O)Cc1ccccc1. The Kier molecular flexibility index (Phi) is 4.98. The fraction of sp³-hybridized carbons (Fsp3) is 0.235. The third kappa shape index (κ3) is 3.95. The number of para-hydroxylation sites is 1. The number of anilines is 1. The molecule has 0 saturated carbocycles. The van der Waals surface area contributed by atoms with Gasteiger partial charge in [-0.2, -0.15) is 0 Å². The smallest absolute Gasteiger partial charge is 0.242 e. The molecule has 22 heavy (non-hydrogen) atoms. The first-order valence-electron chi connectivity index (χ1n) is 7.02. The van der Waals surface area contributed by atoms with Gasteiger partial charge in [-0.15, -0.1) is 0 Å². The number of amides is 1. The number of nitrogens with one attached hydrogen (secondary N) is 1. The van der Waals surface area contributed by atoms with Crippen molar-refractivity contribution in [3.8, 4) is 0 Å². The van der Waals surface area contributed by atoms with Crippen molar-refractivity contribution in [2.45, 2.75) is 24.9 Å². The standard InChI is InChI=1S/C17H19NO3S/c1-13-8-6-7-11-16(13)18-17(19)14(2)22(20,21)12-15-9-4-3-5-10-15/h3-11,14H,12H2,1-2H3,(H,18,19). The summed E-state index contributed by atoms with van der Waals surface area (Å²) < 4.78 is 24.7. The van der Waals surface area contributed by atoms with Gasteiger partial charge in [-0.05, 0) is 31.0 Å². The van der Waals surface area contributed by atoms with Crippen LogP contribution in [0, 0.1) is 6.92 Å². The summed E-state index contributed by atoms with van der Waals surface area (Å²) in [5, 5.41) is 1.58. The maximum Gasteiger partial charge on any atom is 0.242 e. The Morgan fingerprint density at radius 2 is 1.64 bits per heavy atom. The molecule has 0 aromatic heterocycles. The highest BCUT2D eigenvalue weighted by Crippen LogP contribution is 2.16. The van der Waals surface area contributed by atoms with Crippen LogP contribution in [0.1, 0.15) is 18.1 Å². The summed E-state index contributed by atoms with van der Waals surface area (Å²) in [6.07, 6.45) is 0. The second-order valence-corrected chi connectivity index (χ2v) is 7.56. The predicted octanol–water partition coefficient (Wildman–Crippen LogP) is 2.94. The molecule has 0 spiro atoms. The number of sulfone groups is 1. The number of rotatable bonds is 5. The van der Waals surface area contributed by atoms with Crippen LogP contribution in [0.2, 0.25) is 0 Å². The van der Waals surface area contributed by atoms with E-state index in [4.69, 9.17) is 0 Å². The Balaban J connectivity index is 2.11. The van der Waals surface area contributed by atoms with E-state index in [1.807, 2.05) is 25.1 Å². The van der Waals surface area contributed by atoms with Gasteiger partial charge >= 0.3 is 0 Å². The molecule has 116 valence electrons. The Morgan fingerprint density at radius 3 is 2.27 bits per heavy atom. The molecule has 2 aromatic rings. The lowest BCUT2D eigenvalue weighted by atomic mass is 10.2. The third-order valence-corrected chi connectivity index (χ3v) is 5.55. The normalized spacial score (nSPS) is 12.6. The van der Waals surface area contributed by atoms with Gasteiger partial charge in [-0.1, -0.05) is 48.5 Å². The van der Waals surface area contributed by atoms with Gasteiger partial charge < -0.3 is 5.32 Å². The summed E-state index contributed by atoms with van der Waals surface area (Å²) >= 11 is 0. The lowest BCUT2D eigenvalue weighted by molar-refractivity contribution is -0.115. The Hall–Kier alpha value is -2.14. The first-order valence-corrected chi connectivity index (χ1v) is 8.73. The van der Waals surface area contributed by atoms with E-state index < -0.39 is 21.0 Å². The van der Waals surface area contributed by atoms with Crippen molar-refractivity contribution in [2.24, 2.45) is 0 Å².